The lowest BCUT2D eigenvalue weighted by atomic mass is 9.73. The Bertz CT molecular complexity index is 1350. The molecule has 1 saturated heterocycles. The van der Waals surface area contributed by atoms with Crippen LogP contribution in [0.15, 0.2) is 18.3 Å². The van der Waals surface area contributed by atoms with Crippen LogP contribution in [0.3, 0.4) is 0 Å². The molecule has 3 heterocycles. The van der Waals surface area contributed by atoms with Crippen molar-refractivity contribution >= 4 is 46.3 Å². The molecule has 0 unspecified atom stereocenters. The second-order valence-electron chi connectivity index (χ2n) is 9.95. The zero-order valence-electron chi connectivity index (χ0n) is 20.4. The largest absolute Gasteiger partial charge is 0.381 e. The number of hydrogen-bond donors (Lipinski definition) is 3. The quantitative estimate of drug-likeness (QED) is 0.428. The third-order valence-electron chi connectivity index (χ3n) is 7.41. The number of nitriles is 1. The van der Waals surface area contributed by atoms with Crippen molar-refractivity contribution in [3.63, 3.8) is 0 Å². The number of nitrogens with zero attached hydrogens (tertiary/aromatic N) is 5. The van der Waals surface area contributed by atoms with Gasteiger partial charge in [0.15, 0.2) is 5.65 Å². The van der Waals surface area contributed by atoms with Gasteiger partial charge in [-0.3, -0.25) is 9.36 Å². The van der Waals surface area contributed by atoms with E-state index in [9.17, 15) is 9.18 Å². The van der Waals surface area contributed by atoms with E-state index >= 15 is 0 Å². The molecule has 5 rings (SSSR count). The summed E-state index contributed by atoms with van der Waals surface area (Å²) in [7, 11) is 0. The first-order valence-electron chi connectivity index (χ1n) is 12.3. The van der Waals surface area contributed by atoms with Gasteiger partial charge in [-0.15, -0.1) is 0 Å². The summed E-state index contributed by atoms with van der Waals surface area (Å²) in [4.78, 5) is 25.9. The number of fused-ring (bicyclic) bond motifs is 1. The smallest absolute Gasteiger partial charge is 0.224 e. The molecular weight excluding hydrogens is 499 g/mol. The minimum absolute atomic E-state index is 0.0171. The number of nitrogens with one attached hydrogen (secondary N) is 2. The Balaban J connectivity index is 1.54. The van der Waals surface area contributed by atoms with Crippen molar-refractivity contribution in [1.29, 1.82) is 5.26 Å². The van der Waals surface area contributed by atoms with E-state index in [4.69, 9.17) is 32.3 Å². The Morgan fingerprint density at radius 3 is 2.65 bits per heavy atom. The molecule has 2 aromatic heterocycles. The van der Waals surface area contributed by atoms with Crippen molar-refractivity contribution < 1.29 is 13.9 Å². The summed E-state index contributed by atoms with van der Waals surface area (Å²) < 4.78 is 22.3. The number of primary amides is 1. The van der Waals surface area contributed by atoms with Crippen molar-refractivity contribution in [2.45, 2.75) is 57.5 Å². The molecule has 2 fully saturated rings. The molecule has 37 heavy (non-hydrogen) atoms. The zero-order valence-corrected chi connectivity index (χ0v) is 21.2. The molecule has 2 aliphatic rings. The highest BCUT2D eigenvalue weighted by molar-refractivity contribution is 6.33. The van der Waals surface area contributed by atoms with Crippen LogP contribution < -0.4 is 16.4 Å². The van der Waals surface area contributed by atoms with E-state index in [1.54, 1.807) is 6.20 Å². The van der Waals surface area contributed by atoms with Gasteiger partial charge in [0.25, 0.3) is 0 Å². The van der Waals surface area contributed by atoms with Gasteiger partial charge in [0.2, 0.25) is 17.8 Å². The Hall–Kier alpha value is -3.49. The average molecular weight is 527 g/mol. The SMILES string of the molecule is C[C@]1(C(N)=O)CC[C@@H](n2c(Nc3c(F)cc(C#N)cc3Cl)nc3cnc(NC4CCOCC4)nc32)CC1. The van der Waals surface area contributed by atoms with Crippen LogP contribution in [-0.2, 0) is 9.53 Å². The molecule has 1 saturated carbocycles. The van der Waals surface area contributed by atoms with Crippen LogP contribution >= 0.6 is 11.6 Å². The molecule has 1 aliphatic carbocycles. The number of anilines is 3. The normalized spacial score (nSPS) is 22.5. The molecule has 1 amide bonds. The van der Waals surface area contributed by atoms with Crippen LogP contribution in [0.5, 0.6) is 0 Å². The van der Waals surface area contributed by atoms with Gasteiger partial charge < -0.3 is 21.1 Å². The maximum atomic E-state index is 14.9. The molecule has 0 radical (unpaired) electrons. The van der Waals surface area contributed by atoms with Crippen LogP contribution in [0.2, 0.25) is 5.02 Å². The predicted octanol–water partition coefficient (Wildman–Crippen LogP) is 4.43. The van der Waals surface area contributed by atoms with E-state index in [1.165, 1.54) is 6.07 Å². The summed E-state index contributed by atoms with van der Waals surface area (Å²) in [5, 5.41) is 15.6. The number of carbonyl (C=O) groups is 1. The van der Waals surface area contributed by atoms with Gasteiger partial charge in [0.1, 0.15) is 11.3 Å². The van der Waals surface area contributed by atoms with E-state index in [1.807, 2.05) is 17.6 Å². The second-order valence-corrected chi connectivity index (χ2v) is 10.4. The van der Waals surface area contributed by atoms with Gasteiger partial charge in [-0.05, 0) is 50.7 Å². The van der Waals surface area contributed by atoms with Gasteiger partial charge in [0.05, 0.1) is 28.5 Å². The first-order valence-corrected chi connectivity index (χ1v) is 12.7. The average Bonchev–Trinajstić information content (AvgIpc) is 3.24. The standard InChI is InChI=1S/C25H28ClFN8O2/c1-25(22(29)36)6-2-16(3-7-25)35-21-19(13-30-23(34-21)31-15-4-8-37-9-5-15)32-24(35)33-20-17(26)10-14(12-28)11-18(20)27/h10-11,13,15-16H,2-9H2,1H3,(H2,29,36)(H,32,33)(H,30,31,34)/t16-,25+. The van der Waals surface area contributed by atoms with Gasteiger partial charge in [-0.2, -0.15) is 10.2 Å². The number of halogens is 2. The molecule has 12 heteroatoms. The number of aromatic nitrogens is 4. The number of rotatable bonds is 6. The molecule has 10 nitrogen and oxygen atoms in total. The lowest BCUT2D eigenvalue weighted by Gasteiger charge is -2.35. The minimum Gasteiger partial charge on any atom is -0.381 e. The van der Waals surface area contributed by atoms with Crippen molar-refractivity contribution in [2.24, 2.45) is 11.1 Å². The van der Waals surface area contributed by atoms with E-state index < -0.39 is 11.2 Å². The fourth-order valence-corrected chi connectivity index (χ4v) is 5.29. The van der Waals surface area contributed by atoms with Crippen LogP contribution in [0.4, 0.5) is 22.0 Å². The van der Waals surface area contributed by atoms with E-state index in [2.05, 4.69) is 20.6 Å². The van der Waals surface area contributed by atoms with Crippen molar-refractivity contribution in [3.05, 3.63) is 34.7 Å². The number of imidazole rings is 1. The van der Waals surface area contributed by atoms with Crippen LogP contribution in [0, 0.1) is 22.6 Å². The summed E-state index contributed by atoms with van der Waals surface area (Å²) in [6, 6.07) is 4.56. The Morgan fingerprint density at radius 1 is 1.27 bits per heavy atom. The summed E-state index contributed by atoms with van der Waals surface area (Å²) >= 11 is 6.32. The Kier molecular flexibility index (Phi) is 6.88. The number of nitrogens with two attached hydrogens (primary N) is 1. The molecule has 194 valence electrons. The monoisotopic (exact) mass is 526 g/mol. The lowest BCUT2D eigenvalue weighted by molar-refractivity contribution is -0.128. The van der Waals surface area contributed by atoms with Crippen LogP contribution in [0.25, 0.3) is 11.2 Å². The third kappa shape index (κ3) is 5.04. The molecule has 0 atom stereocenters. The summed E-state index contributed by atoms with van der Waals surface area (Å²) in [5.41, 5.74) is 6.35. The Morgan fingerprint density at radius 2 is 2.00 bits per heavy atom. The fraction of sp³-hybridized carbons (Fsp3) is 0.480. The van der Waals surface area contributed by atoms with Crippen molar-refractivity contribution in [3.8, 4) is 6.07 Å². The highest BCUT2D eigenvalue weighted by Gasteiger charge is 2.38. The zero-order chi connectivity index (χ0) is 26.2. The number of carbonyl (C=O) groups excluding carboxylic acids is 1. The first kappa shape index (κ1) is 25.2. The molecule has 1 aromatic carbocycles. The van der Waals surface area contributed by atoms with Crippen LogP contribution in [0.1, 0.15) is 57.1 Å². The maximum Gasteiger partial charge on any atom is 0.224 e. The fourth-order valence-electron chi connectivity index (χ4n) is 5.03. The lowest BCUT2D eigenvalue weighted by Crippen LogP contribution is -2.38. The Labute approximate surface area is 218 Å². The highest BCUT2D eigenvalue weighted by Crippen LogP contribution is 2.43. The summed E-state index contributed by atoms with van der Waals surface area (Å²) in [6.45, 7) is 3.26. The molecular formula is C25H28ClFN8O2. The van der Waals surface area contributed by atoms with E-state index in [0.29, 0.717) is 62.0 Å². The molecule has 1 aliphatic heterocycles. The maximum absolute atomic E-state index is 14.9. The topological polar surface area (TPSA) is 144 Å². The molecule has 0 bridgehead atoms. The van der Waals surface area contributed by atoms with Crippen LogP contribution in [-0.4, -0.2) is 44.7 Å². The number of ether oxygens (including phenoxy) is 1. The highest BCUT2D eigenvalue weighted by atomic mass is 35.5. The predicted molar refractivity (Wildman–Crippen MR) is 137 cm³/mol. The van der Waals surface area contributed by atoms with Gasteiger partial charge in [-0.1, -0.05) is 18.5 Å². The van der Waals surface area contributed by atoms with E-state index in [-0.39, 0.29) is 34.3 Å². The van der Waals surface area contributed by atoms with E-state index in [0.717, 1.165) is 18.9 Å². The number of amides is 1. The van der Waals surface area contributed by atoms with Crippen molar-refractivity contribution in [1.82, 2.24) is 19.5 Å². The van der Waals surface area contributed by atoms with Gasteiger partial charge >= 0.3 is 0 Å². The number of hydrogen-bond acceptors (Lipinski definition) is 8. The molecule has 4 N–H and O–H groups in total. The summed E-state index contributed by atoms with van der Waals surface area (Å²) in [5.74, 6) is -0.143. The second kappa shape index (κ2) is 10.1. The van der Waals surface area contributed by atoms with Gasteiger partial charge in [-0.25, -0.2) is 14.4 Å². The third-order valence-corrected chi connectivity index (χ3v) is 7.71. The minimum atomic E-state index is -0.666. The molecule has 3 aromatic rings. The van der Waals surface area contributed by atoms with Gasteiger partial charge in [0, 0.05) is 30.7 Å². The van der Waals surface area contributed by atoms with Crippen molar-refractivity contribution in [2.75, 3.05) is 23.8 Å². The first-order chi connectivity index (χ1) is 17.8. The molecule has 0 spiro atoms. The summed E-state index contributed by atoms with van der Waals surface area (Å²) in [6.07, 6.45) is 5.90. The number of benzene rings is 1.